The fraction of sp³-hybridized carbons (Fsp3) is 0.579. The van der Waals surface area contributed by atoms with Crippen LogP contribution in [-0.4, -0.2) is 43.0 Å². The Hall–Kier alpha value is -2.24. The van der Waals surface area contributed by atoms with E-state index in [1.807, 2.05) is 23.1 Å². The standard InChI is InChI=1S/C19H24N2O4/c22-18(20-15-4-5-16-17(12-15)25-11-10-24-16)13-6-8-21(9-7-13)19(23)14-2-1-3-14/h4-5,12-14H,1-3,6-11H2,(H,20,22). The van der Waals surface area contributed by atoms with E-state index in [1.54, 1.807) is 0 Å². The zero-order chi connectivity index (χ0) is 17.2. The molecule has 0 spiro atoms. The first kappa shape index (κ1) is 16.2. The maximum absolute atomic E-state index is 12.5. The molecule has 1 aromatic carbocycles. The molecular weight excluding hydrogens is 320 g/mol. The van der Waals surface area contributed by atoms with Crippen LogP contribution in [0.15, 0.2) is 18.2 Å². The number of likely N-dealkylation sites (tertiary alicyclic amines) is 1. The lowest BCUT2D eigenvalue weighted by Crippen LogP contribution is -2.45. The number of nitrogens with one attached hydrogen (secondary N) is 1. The molecule has 0 atom stereocenters. The monoisotopic (exact) mass is 344 g/mol. The van der Waals surface area contributed by atoms with Crippen LogP contribution >= 0.6 is 0 Å². The van der Waals surface area contributed by atoms with E-state index < -0.39 is 0 Å². The van der Waals surface area contributed by atoms with Crippen molar-refractivity contribution in [3.05, 3.63) is 18.2 Å². The Morgan fingerprint density at radius 1 is 0.960 bits per heavy atom. The molecule has 1 saturated carbocycles. The number of ether oxygens (including phenoxy) is 2. The van der Waals surface area contributed by atoms with Gasteiger partial charge in [0.25, 0.3) is 0 Å². The quantitative estimate of drug-likeness (QED) is 0.914. The van der Waals surface area contributed by atoms with Crippen molar-refractivity contribution in [2.24, 2.45) is 11.8 Å². The zero-order valence-electron chi connectivity index (χ0n) is 14.3. The van der Waals surface area contributed by atoms with Crippen molar-refractivity contribution in [3.63, 3.8) is 0 Å². The number of rotatable bonds is 3. The van der Waals surface area contributed by atoms with E-state index in [0.29, 0.717) is 37.8 Å². The highest BCUT2D eigenvalue weighted by Gasteiger charge is 2.33. The van der Waals surface area contributed by atoms with E-state index in [0.717, 1.165) is 31.4 Å². The average molecular weight is 344 g/mol. The molecule has 0 aromatic heterocycles. The predicted octanol–water partition coefficient (Wildman–Crippen LogP) is 2.44. The van der Waals surface area contributed by atoms with Gasteiger partial charge in [-0.25, -0.2) is 0 Å². The van der Waals surface area contributed by atoms with E-state index in [9.17, 15) is 9.59 Å². The van der Waals surface area contributed by atoms with Gasteiger partial charge < -0.3 is 19.7 Å². The summed E-state index contributed by atoms with van der Waals surface area (Å²) in [7, 11) is 0. The van der Waals surface area contributed by atoms with Gasteiger partial charge in [0.1, 0.15) is 13.2 Å². The summed E-state index contributed by atoms with van der Waals surface area (Å²) in [5.74, 6) is 1.89. The molecule has 3 aliphatic rings. The molecule has 2 aliphatic heterocycles. The Morgan fingerprint density at radius 3 is 2.36 bits per heavy atom. The molecule has 2 fully saturated rings. The Labute approximate surface area is 147 Å². The summed E-state index contributed by atoms with van der Waals surface area (Å²) < 4.78 is 11.0. The van der Waals surface area contributed by atoms with Crippen molar-refractivity contribution in [3.8, 4) is 11.5 Å². The van der Waals surface area contributed by atoms with E-state index in [-0.39, 0.29) is 23.7 Å². The maximum Gasteiger partial charge on any atom is 0.227 e. The van der Waals surface area contributed by atoms with Gasteiger partial charge in [-0.2, -0.15) is 0 Å². The summed E-state index contributed by atoms with van der Waals surface area (Å²) in [5.41, 5.74) is 0.724. The van der Waals surface area contributed by atoms with Gasteiger partial charge in [0.2, 0.25) is 11.8 Å². The van der Waals surface area contributed by atoms with E-state index in [2.05, 4.69) is 5.32 Å². The average Bonchev–Trinajstić information content (AvgIpc) is 2.60. The van der Waals surface area contributed by atoms with Crippen LogP contribution in [0.2, 0.25) is 0 Å². The highest BCUT2D eigenvalue weighted by molar-refractivity contribution is 5.93. The minimum absolute atomic E-state index is 0.0208. The Bertz CT molecular complexity index is 663. The summed E-state index contributed by atoms with van der Waals surface area (Å²) in [6.07, 6.45) is 4.70. The Kier molecular flexibility index (Phi) is 4.51. The number of amides is 2. The first-order valence-corrected chi connectivity index (χ1v) is 9.20. The molecule has 25 heavy (non-hydrogen) atoms. The van der Waals surface area contributed by atoms with Gasteiger partial charge in [-0.3, -0.25) is 9.59 Å². The number of piperidine rings is 1. The van der Waals surface area contributed by atoms with Crippen LogP contribution in [0, 0.1) is 11.8 Å². The fourth-order valence-electron chi connectivity index (χ4n) is 3.64. The summed E-state index contributed by atoms with van der Waals surface area (Å²) in [5, 5.41) is 2.97. The first-order chi connectivity index (χ1) is 12.2. The third kappa shape index (κ3) is 3.43. The molecule has 0 radical (unpaired) electrons. The van der Waals surface area contributed by atoms with Crippen molar-refractivity contribution in [1.82, 2.24) is 4.90 Å². The molecule has 4 rings (SSSR count). The van der Waals surface area contributed by atoms with Crippen LogP contribution in [0.4, 0.5) is 5.69 Å². The molecular formula is C19H24N2O4. The molecule has 134 valence electrons. The van der Waals surface area contributed by atoms with Crippen molar-refractivity contribution in [1.29, 1.82) is 0 Å². The third-order valence-corrected chi connectivity index (χ3v) is 5.44. The minimum atomic E-state index is -0.0429. The van der Waals surface area contributed by atoms with Gasteiger partial charge in [-0.05, 0) is 37.8 Å². The lowest BCUT2D eigenvalue weighted by atomic mass is 9.83. The highest BCUT2D eigenvalue weighted by Crippen LogP contribution is 2.33. The molecule has 1 saturated heterocycles. The smallest absolute Gasteiger partial charge is 0.227 e. The number of carbonyl (C=O) groups is 2. The number of benzene rings is 1. The topological polar surface area (TPSA) is 67.9 Å². The van der Waals surface area contributed by atoms with Gasteiger partial charge in [0.15, 0.2) is 11.5 Å². The van der Waals surface area contributed by atoms with E-state index in [1.165, 1.54) is 6.42 Å². The van der Waals surface area contributed by atoms with E-state index >= 15 is 0 Å². The van der Waals surface area contributed by atoms with Crippen LogP contribution in [0.5, 0.6) is 11.5 Å². The van der Waals surface area contributed by atoms with Gasteiger partial charge in [-0.15, -0.1) is 0 Å². The maximum atomic E-state index is 12.5. The molecule has 2 amide bonds. The number of nitrogens with zero attached hydrogens (tertiary/aromatic N) is 1. The summed E-state index contributed by atoms with van der Waals surface area (Å²) in [6.45, 7) is 2.46. The Morgan fingerprint density at radius 2 is 1.68 bits per heavy atom. The molecule has 1 aromatic rings. The number of hydrogen-bond donors (Lipinski definition) is 1. The van der Waals surface area contributed by atoms with Crippen LogP contribution in [0.3, 0.4) is 0 Å². The SMILES string of the molecule is O=C(Nc1ccc2c(c1)OCCO2)C1CCN(C(=O)C2CCC2)CC1. The van der Waals surface area contributed by atoms with Crippen LogP contribution in [0.1, 0.15) is 32.1 Å². The highest BCUT2D eigenvalue weighted by atomic mass is 16.6. The van der Waals surface area contributed by atoms with Gasteiger partial charge in [0, 0.05) is 36.7 Å². The lowest BCUT2D eigenvalue weighted by molar-refractivity contribution is -0.140. The number of anilines is 1. The number of carbonyl (C=O) groups excluding carboxylic acids is 2. The normalized spacial score (nSPS) is 20.7. The molecule has 1 N–H and O–H groups in total. The Balaban J connectivity index is 1.31. The molecule has 6 heteroatoms. The summed E-state index contributed by atoms with van der Waals surface area (Å²) >= 11 is 0. The predicted molar refractivity (Wildman–Crippen MR) is 92.7 cm³/mol. The van der Waals surface area contributed by atoms with Gasteiger partial charge in [0.05, 0.1) is 0 Å². The lowest BCUT2D eigenvalue weighted by Gasteiger charge is -2.36. The van der Waals surface area contributed by atoms with Crippen LogP contribution < -0.4 is 14.8 Å². The molecule has 0 unspecified atom stereocenters. The van der Waals surface area contributed by atoms with Crippen LogP contribution in [-0.2, 0) is 9.59 Å². The van der Waals surface area contributed by atoms with Crippen LogP contribution in [0.25, 0.3) is 0 Å². The fourth-order valence-corrected chi connectivity index (χ4v) is 3.64. The van der Waals surface area contributed by atoms with Crippen molar-refractivity contribution in [2.75, 3.05) is 31.6 Å². The summed E-state index contributed by atoms with van der Waals surface area (Å²) in [6, 6.07) is 5.46. The molecule has 1 aliphatic carbocycles. The molecule has 0 bridgehead atoms. The minimum Gasteiger partial charge on any atom is -0.486 e. The zero-order valence-corrected chi connectivity index (χ0v) is 14.3. The summed E-state index contributed by atoms with van der Waals surface area (Å²) in [4.78, 5) is 26.8. The second kappa shape index (κ2) is 6.94. The second-order valence-corrected chi connectivity index (χ2v) is 7.08. The number of fused-ring (bicyclic) bond motifs is 1. The second-order valence-electron chi connectivity index (χ2n) is 7.08. The van der Waals surface area contributed by atoms with Crippen molar-refractivity contribution >= 4 is 17.5 Å². The third-order valence-electron chi connectivity index (χ3n) is 5.44. The van der Waals surface area contributed by atoms with Gasteiger partial charge >= 0.3 is 0 Å². The molecule has 6 nitrogen and oxygen atoms in total. The number of hydrogen-bond acceptors (Lipinski definition) is 4. The first-order valence-electron chi connectivity index (χ1n) is 9.20. The molecule has 2 heterocycles. The largest absolute Gasteiger partial charge is 0.486 e. The van der Waals surface area contributed by atoms with Gasteiger partial charge in [-0.1, -0.05) is 6.42 Å². The van der Waals surface area contributed by atoms with Crippen molar-refractivity contribution < 1.29 is 19.1 Å². The van der Waals surface area contributed by atoms with Crippen molar-refractivity contribution in [2.45, 2.75) is 32.1 Å². The van der Waals surface area contributed by atoms with E-state index in [4.69, 9.17) is 9.47 Å².